The van der Waals surface area contributed by atoms with Crippen LogP contribution in [0, 0.1) is 11.3 Å². The molecule has 4 amide bonds. The van der Waals surface area contributed by atoms with Crippen molar-refractivity contribution >= 4 is 50.7 Å². The molecule has 0 radical (unpaired) electrons. The maximum Gasteiger partial charge on any atom is 0.407 e. The third-order valence-corrected chi connectivity index (χ3v) is 12.1. The van der Waals surface area contributed by atoms with E-state index in [2.05, 4.69) is 26.9 Å². The summed E-state index contributed by atoms with van der Waals surface area (Å²) in [6.07, 6.45) is 4.79. The molecule has 2 aliphatic carbocycles. The molecule has 51 heavy (non-hydrogen) atoms. The number of sulfonamides is 1. The molecule has 0 spiro atoms. The highest BCUT2D eigenvalue weighted by Gasteiger charge is 2.62. The second-order valence-corrected chi connectivity index (χ2v) is 17.2. The summed E-state index contributed by atoms with van der Waals surface area (Å²) in [4.78, 5) is 72.7. The van der Waals surface area contributed by atoms with Crippen LogP contribution in [-0.4, -0.2) is 90.2 Å². The van der Waals surface area contributed by atoms with Crippen LogP contribution in [0.25, 0.3) is 10.9 Å². The summed E-state index contributed by atoms with van der Waals surface area (Å²) < 4.78 is 38.7. The molecular formula is C36H47N5O9S. The standard InChI is InChI=1S/C36H47N5O9S/c1-5-22-19-36(22,33(45)40-51(47,48)24-14-15-24)39-30(42)28-17-23-20-41(28)31(43)29(35(2,3)4)38-34(46)49-16-9-7-6-8-11-21-12-10-13-26-25(21)18-27(37-26)32(44)50-23/h5,10,12-13,18,22-24,28-29,37H,1,6-9,11,14-17,19-20H2,2-4H3,(H,38,46)(H,39,42)(H,40,45)/t22-,23+,28-,29+,36-/m0/s1. The zero-order chi connectivity index (χ0) is 36.7. The van der Waals surface area contributed by atoms with Gasteiger partial charge in [0.1, 0.15) is 29.4 Å². The quantitative estimate of drug-likeness (QED) is 0.256. The van der Waals surface area contributed by atoms with E-state index in [1.807, 2.05) is 18.2 Å². The van der Waals surface area contributed by atoms with Gasteiger partial charge in [-0.15, -0.1) is 6.58 Å². The summed E-state index contributed by atoms with van der Waals surface area (Å²) in [5.74, 6) is -3.40. The number of benzene rings is 1. The van der Waals surface area contributed by atoms with E-state index in [1.165, 1.54) is 11.0 Å². The number of hydrogen-bond acceptors (Lipinski definition) is 9. The van der Waals surface area contributed by atoms with E-state index >= 15 is 0 Å². The molecule has 4 N–H and O–H groups in total. The first-order valence-electron chi connectivity index (χ1n) is 17.7. The topological polar surface area (TPSA) is 193 Å². The number of H-pyrrole nitrogens is 1. The molecule has 2 aromatic rings. The summed E-state index contributed by atoms with van der Waals surface area (Å²) in [7, 11) is -3.91. The van der Waals surface area contributed by atoms with Crippen LogP contribution in [0.3, 0.4) is 0 Å². The molecule has 2 saturated carbocycles. The highest BCUT2D eigenvalue weighted by Crippen LogP contribution is 2.45. The number of hydrogen-bond donors (Lipinski definition) is 4. The van der Waals surface area contributed by atoms with Crippen molar-refractivity contribution in [3.63, 3.8) is 0 Å². The second-order valence-electron chi connectivity index (χ2n) is 15.3. The Labute approximate surface area is 297 Å². The molecule has 14 nitrogen and oxygen atoms in total. The van der Waals surface area contributed by atoms with Gasteiger partial charge in [0.15, 0.2) is 0 Å². The van der Waals surface area contributed by atoms with Crippen molar-refractivity contribution in [3.05, 3.63) is 48.2 Å². The maximum absolute atomic E-state index is 14.3. The van der Waals surface area contributed by atoms with E-state index in [1.54, 1.807) is 26.8 Å². The van der Waals surface area contributed by atoms with Crippen LogP contribution in [0.4, 0.5) is 4.79 Å². The molecule has 4 bridgehead atoms. The molecule has 3 fully saturated rings. The third kappa shape index (κ3) is 7.77. The molecule has 3 heterocycles. The van der Waals surface area contributed by atoms with Gasteiger partial charge < -0.3 is 30.0 Å². The van der Waals surface area contributed by atoms with Gasteiger partial charge in [0.05, 0.1) is 18.4 Å². The lowest BCUT2D eigenvalue weighted by molar-refractivity contribution is -0.142. The fraction of sp³-hybridized carbons (Fsp3) is 0.583. The summed E-state index contributed by atoms with van der Waals surface area (Å²) in [6, 6.07) is 5.22. The van der Waals surface area contributed by atoms with Crippen LogP contribution in [0.5, 0.6) is 0 Å². The normalized spacial score (nSPS) is 28.0. The van der Waals surface area contributed by atoms with Crippen LogP contribution in [0.2, 0.25) is 0 Å². The van der Waals surface area contributed by atoms with Crippen LogP contribution >= 0.6 is 0 Å². The number of ether oxygens (including phenoxy) is 2. The van der Waals surface area contributed by atoms with Crippen LogP contribution in [0.15, 0.2) is 36.9 Å². The summed E-state index contributed by atoms with van der Waals surface area (Å²) in [6.45, 7) is 9.04. The number of alkyl carbamates (subject to hydrolysis) is 1. The summed E-state index contributed by atoms with van der Waals surface area (Å²) in [5.41, 5.74) is -0.315. The largest absolute Gasteiger partial charge is 0.456 e. The Morgan fingerprint density at radius 1 is 1.10 bits per heavy atom. The number of amides is 4. The monoisotopic (exact) mass is 725 g/mol. The predicted molar refractivity (Wildman–Crippen MR) is 187 cm³/mol. The Morgan fingerprint density at radius 2 is 1.84 bits per heavy atom. The summed E-state index contributed by atoms with van der Waals surface area (Å²) >= 11 is 0. The smallest absolute Gasteiger partial charge is 0.407 e. The molecule has 15 heteroatoms. The summed E-state index contributed by atoms with van der Waals surface area (Å²) in [5, 5.41) is 5.67. The highest BCUT2D eigenvalue weighted by atomic mass is 32.2. The third-order valence-electron chi connectivity index (χ3n) is 10.3. The lowest BCUT2D eigenvalue weighted by atomic mass is 9.85. The average Bonchev–Trinajstić information content (AvgIpc) is 3.96. The number of nitrogens with one attached hydrogen (secondary N) is 4. The molecule has 0 unspecified atom stereocenters. The number of aromatic nitrogens is 1. The molecule has 2 aliphatic heterocycles. The van der Waals surface area contributed by atoms with E-state index in [4.69, 9.17) is 9.47 Å². The van der Waals surface area contributed by atoms with Gasteiger partial charge in [-0.2, -0.15) is 0 Å². The lowest BCUT2D eigenvalue weighted by Gasteiger charge is -2.35. The van der Waals surface area contributed by atoms with Gasteiger partial charge in [-0.05, 0) is 61.6 Å². The van der Waals surface area contributed by atoms with Gasteiger partial charge in [0, 0.05) is 23.2 Å². The number of cyclic esters (lactones) is 1. The molecule has 1 aromatic carbocycles. The number of rotatable bonds is 6. The molecule has 5 atom stereocenters. The fourth-order valence-corrected chi connectivity index (χ4v) is 8.43. The van der Waals surface area contributed by atoms with Crippen molar-refractivity contribution in [2.45, 2.75) is 108 Å². The number of carbonyl (C=O) groups excluding carboxylic acids is 5. The van der Waals surface area contributed by atoms with E-state index in [9.17, 15) is 32.4 Å². The van der Waals surface area contributed by atoms with Crippen molar-refractivity contribution in [1.82, 2.24) is 25.2 Å². The first kappa shape index (κ1) is 36.4. The fourth-order valence-electron chi connectivity index (χ4n) is 7.06. The van der Waals surface area contributed by atoms with E-state index in [0.29, 0.717) is 19.3 Å². The Morgan fingerprint density at radius 3 is 2.53 bits per heavy atom. The number of esters is 1. The van der Waals surface area contributed by atoms with Gasteiger partial charge in [0.25, 0.3) is 5.91 Å². The first-order valence-corrected chi connectivity index (χ1v) is 19.2. The Balaban J connectivity index is 1.29. The number of carbonyl (C=O) groups is 5. The number of fused-ring (bicyclic) bond motifs is 3. The van der Waals surface area contributed by atoms with Crippen molar-refractivity contribution in [2.75, 3.05) is 13.2 Å². The molecule has 276 valence electrons. The molecule has 6 rings (SSSR count). The molecule has 1 saturated heterocycles. The predicted octanol–water partition coefficient (Wildman–Crippen LogP) is 3.22. The zero-order valence-corrected chi connectivity index (χ0v) is 30.1. The minimum atomic E-state index is -3.91. The number of aryl methyl sites for hydroxylation is 1. The van der Waals surface area contributed by atoms with Gasteiger partial charge in [-0.3, -0.25) is 19.1 Å². The van der Waals surface area contributed by atoms with Crippen LogP contribution in [-0.2, 0) is 40.3 Å². The maximum atomic E-state index is 14.3. The van der Waals surface area contributed by atoms with Gasteiger partial charge in [0.2, 0.25) is 21.8 Å². The molecule has 1 aromatic heterocycles. The van der Waals surface area contributed by atoms with E-state index < -0.39 is 80.1 Å². The number of aromatic amines is 1. The highest BCUT2D eigenvalue weighted by molar-refractivity contribution is 7.91. The molecular weight excluding hydrogens is 678 g/mol. The Bertz CT molecular complexity index is 1850. The second kappa shape index (κ2) is 14.0. The average molecular weight is 726 g/mol. The Hall–Kier alpha value is -4.40. The van der Waals surface area contributed by atoms with E-state index in [0.717, 1.165) is 42.1 Å². The zero-order valence-electron chi connectivity index (χ0n) is 29.3. The number of nitrogens with zero attached hydrogens (tertiary/aromatic N) is 1. The lowest BCUT2D eigenvalue weighted by Crippen LogP contribution is -2.60. The Kier molecular flexibility index (Phi) is 9.96. The minimum absolute atomic E-state index is 0.104. The van der Waals surface area contributed by atoms with Crippen LogP contribution < -0.4 is 15.4 Å². The molecule has 4 aliphatic rings. The van der Waals surface area contributed by atoms with Crippen molar-refractivity contribution in [3.8, 4) is 0 Å². The van der Waals surface area contributed by atoms with Gasteiger partial charge in [-0.25, -0.2) is 18.0 Å². The van der Waals surface area contributed by atoms with E-state index in [-0.39, 0.29) is 31.7 Å². The minimum Gasteiger partial charge on any atom is -0.456 e. The van der Waals surface area contributed by atoms with Crippen LogP contribution in [0.1, 0.15) is 88.2 Å². The van der Waals surface area contributed by atoms with Gasteiger partial charge in [-0.1, -0.05) is 51.8 Å². The SMILES string of the molecule is C=C[C@H]1C[C@@]1(NC(=O)[C@@H]1C[C@@H]2CN1C(=O)[C@H](C(C)(C)C)NC(=O)OCCCCCCc1cccc3[nH]c(cc13)C(=O)O2)C(=O)NS(=O)(=O)C1CC1. The van der Waals surface area contributed by atoms with Crippen molar-refractivity contribution < 1.29 is 41.9 Å². The van der Waals surface area contributed by atoms with Gasteiger partial charge >= 0.3 is 12.1 Å². The van der Waals surface area contributed by atoms with Crippen molar-refractivity contribution in [2.24, 2.45) is 11.3 Å². The van der Waals surface area contributed by atoms with Crippen molar-refractivity contribution in [1.29, 1.82) is 0 Å². The first-order chi connectivity index (χ1) is 24.1.